The van der Waals surface area contributed by atoms with Crippen molar-refractivity contribution in [2.45, 2.75) is 5.92 Å². The van der Waals surface area contributed by atoms with E-state index in [0.717, 1.165) is 27.3 Å². The Morgan fingerprint density at radius 1 is 1.00 bits per heavy atom. The van der Waals surface area contributed by atoms with Gasteiger partial charge in [-0.05, 0) is 22.3 Å². The minimum atomic E-state index is -1.22. The smallest absolute Gasteiger partial charge is 0.421 e. The van der Waals surface area contributed by atoms with Gasteiger partial charge in [-0.2, -0.15) is 5.01 Å². The van der Waals surface area contributed by atoms with Crippen LogP contribution in [0.3, 0.4) is 0 Å². The molecule has 0 bridgehead atoms. The topological polar surface area (TPSA) is 105 Å². The zero-order chi connectivity index (χ0) is 21.5. The van der Waals surface area contributed by atoms with E-state index in [1.807, 2.05) is 48.5 Å². The molecule has 0 saturated carbocycles. The Kier molecular flexibility index (Phi) is 6.82. The van der Waals surface area contributed by atoms with Crippen LogP contribution >= 0.6 is 0 Å². The quantitative estimate of drug-likeness (QED) is 0.372. The summed E-state index contributed by atoms with van der Waals surface area (Å²) in [6, 6.07) is 15.8. The highest BCUT2D eigenvalue weighted by molar-refractivity contribution is 5.79. The van der Waals surface area contributed by atoms with Crippen molar-refractivity contribution in [2.24, 2.45) is 0 Å². The van der Waals surface area contributed by atoms with Gasteiger partial charge in [-0.1, -0.05) is 61.2 Å². The highest BCUT2D eigenvalue weighted by Gasteiger charge is 2.29. The number of carbonyl (C=O) groups is 3. The maximum Gasteiger partial charge on any atom is 0.421 e. The number of hydrogen-bond donors (Lipinski definition) is 2. The molecule has 0 heterocycles. The summed E-state index contributed by atoms with van der Waals surface area (Å²) in [5.41, 5.74) is 6.60. The first-order valence-electron chi connectivity index (χ1n) is 9.34. The standard InChI is InChI=1S/C22H22N2O6/c1-2-11-29-21(27)13-24(12-20(25)26)23-22(28)30-14-19-17-9-5-3-7-15(17)16-8-4-6-10-18(16)19/h2-10,19H,1,11-14H2,(H,23,28)(H,25,26). The van der Waals surface area contributed by atoms with E-state index >= 15 is 0 Å². The number of carbonyl (C=O) groups excluding carboxylic acids is 2. The van der Waals surface area contributed by atoms with Crippen LogP contribution in [-0.4, -0.2) is 54.5 Å². The molecular weight excluding hydrogens is 388 g/mol. The summed E-state index contributed by atoms with van der Waals surface area (Å²) in [5.74, 6) is -2.05. The van der Waals surface area contributed by atoms with E-state index in [9.17, 15) is 14.4 Å². The fraction of sp³-hybridized carbons (Fsp3) is 0.227. The van der Waals surface area contributed by atoms with Crippen molar-refractivity contribution in [3.63, 3.8) is 0 Å². The van der Waals surface area contributed by atoms with Crippen LogP contribution in [-0.2, 0) is 19.1 Å². The number of fused-ring (bicyclic) bond motifs is 3. The molecule has 0 radical (unpaired) electrons. The molecule has 2 aromatic rings. The molecule has 1 aliphatic rings. The van der Waals surface area contributed by atoms with Crippen LogP contribution in [0.4, 0.5) is 4.79 Å². The first-order chi connectivity index (χ1) is 14.5. The molecule has 0 atom stereocenters. The van der Waals surface area contributed by atoms with E-state index in [1.165, 1.54) is 6.08 Å². The van der Waals surface area contributed by atoms with Crippen LogP contribution in [0.1, 0.15) is 17.0 Å². The number of esters is 1. The van der Waals surface area contributed by atoms with Crippen LogP contribution in [0, 0.1) is 0 Å². The number of rotatable bonds is 9. The summed E-state index contributed by atoms with van der Waals surface area (Å²) in [4.78, 5) is 35.0. The molecule has 156 valence electrons. The molecule has 8 heteroatoms. The monoisotopic (exact) mass is 410 g/mol. The number of carboxylic acids is 1. The van der Waals surface area contributed by atoms with Gasteiger partial charge in [0.25, 0.3) is 0 Å². The molecule has 0 saturated heterocycles. The molecule has 0 aromatic heterocycles. The number of benzene rings is 2. The van der Waals surface area contributed by atoms with Gasteiger partial charge in [-0.3, -0.25) is 15.0 Å². The molecule has 2 N–H and O–H groups in total. The van der Waals surface area contributed by atoms with Crippen molar-refractivity contribution in [2.75, 3.05) is 26.3 Å². The highest BCUT2D eigenvalue weighted by atomic mass is 16.6. The Morgan fingerprint density at radius 3 is 2.17 bits per heavy atom. The molecule has 1 aliphatic carbocycles. The Bertz CT molecular complexity index is 913. The lowest BCUT2D eigenvalue weighted by molar-refractivity contribution is -0.146. The van der Waals surface area contributed by atoms with Gasteiger partial charge in [0.05, 0.1) is 0 Å². The minimum Gasteiger partial charge on any atom is -0.480 e. The Balaban J connectivity index is 1.63. The third-order valence-electron chi connectivity index (χ3n) is 4.60. The van der Waals surface area contributed by atoms with Crippen molar-refractivity contribution in [1.82, 2.24) is 10.4 Å². The minimum absolute atomic E-state index is 0.00924. The normalized spacial score (nSPS) is 12.0. The van der Waals surface area contributed by atoms with Crippen LogP contribution in [0.25, 0.3) is 11.1 Å². The van der Waals surface area contributed by atoms with Gasteiger partial charge in [0.15, 0.2) is 0 Å². The summed E-state index contributed by atoms with van der Waals surface area (Å²) in [5, 5.41) is 9.93. The maximum absolute atomic E-state index is 12.3. The predicted octanol–water partition coefficient (Wildman–Crippen LogP) is 2.56. The number of ether oxygens (including phenoxy) is 2. The first kappa shape index (κ1) is 21.1. The summed E-state index contributed by atoms with van der Waals surface area (Å²) in [7, 11) is 0. The van der Waals surface area contributed by atoms with Gasteiger partial charge in [0, 0.05) is 5.92 Å². The first-order valence-corrected chi connectivity index (χ1v) is 9.34. The van der Waals surface area contributed by atoms with Crippen molar-refractivity contribution in [3.8, 4) is 11.1 Å². The number of nitrogens with zero attached hydrogens (tertiary/aromatic N) is 1. The number of hydrazine groups is 1. The third-order valence-corrected chi connectivity index (χ3v) is 4.60. The second-order valence-corrected chi connectivity index (χ2v) is 6.66. The molecule has 3 rings (SSSR count). The lowest BCUT2D eigenvalue weighted by atomic mass is 9.98. The Labute approximate surface area is 173 Å². The highest BCUT2D eigenvalue weighted by Crippen LogP contribution is 2.44. The summed E-state index contributed by atoms with van der Waals surface area (Å²) in [6.45, 7) is 2.46. The predicted molar refractivity (Wildman–Crippen MR) is 109 cm³/mol. The van der Waals surface area contributed by atoms with Crippen LogP contribution in [0.5, 0.6) is 0 Å². The SMILES string of the molecule is C=CCOC(=O)CN(CC(=O)O)NC(=O)OCC1c2ccccc2-c2ccccc21. The molecule has 30 heavy (non-hydrogen) atoms. The van der Waals surface area contributed by atoms with Gasteiger partial charge >= 0.3 is 18.0 Å². The Morgan fingerprint density at radius 2 is 1.60 bits per heavy atom. The molecule has 8 nitrogen and oxygen atoms in total. The Hall–Kier alpha value is -3.65. The van der Waals surface area contributed by atoms with Crippen LogP contribution in [0.2, 0.25) is 0 Å². The van der Waals surface area contributed by atoms with Crippen molar-refractivity contribution < 1.29 is 29.0 Å². The van der Waals surface area contributed by atoms with Gasteiger partial charge in [-0.25, -0.2) is 4.79 Å². The summed E-state index contributed by atoms with van der Waals surface area (Å²) < 4.78 is 10.2. The van der Waals surface area contributed by atoms with Gasteiger partial charge in [0.2, 0.25) is 0 Å². The molecule has 0 aliphatic heterocycles. The lowest BCUT2D eigenvalue weighted by Crippen LogP contribution is -2.48. The third kappa shape index (κ3) is 5.03. The average molecular weight is 410 g/mol. The second kappa shape index (κ2) is 9.71. The average Bonchev–Trinajstić information content (AvgIpc) is 3.04. The van der Waals surface area contributed by atoms with Crippen molar-refractivity contribution in [1.29, 1.82) is 0 Å². The zero-order valence-corrected chi connectivity index (χ0v) is 16.2. The number of amides is 1. The molecule has 0 spiro atoms. The van der Waals surface area contributed by atoms with E-state index < -0.39 is 31.1 Å². The van der Waals surface area contributed by atoms with E-state index in [0.29, 0.717) is 0 Å². The van der Waals surface area contributed by atoms with E-state index in [4.69, 9.17) is 14.6 Å². The fourth-order valence-corrected chi connectivity index (χ4v) is 3.41. The molecule has 2 aromatic carbocycles. The van der Waals surface area contributed by atoms with Crippen molar-refractivity contribution >= 4 is 18.0 Å². The largest absolute Gasteiger partial charge is 0.480 e. The molecule has 0 fully saturated rings. The van der Waals surface area contributed by atoms with Gasteiger partial charge in [0.1, 0.15) is 26.3 Å². The van der Waals surface area contributed by atoms with Gasteiger partial charge in [-0.15, -0.1) is 0 Å². The molecule has 0 unspecified atom stereocenters. The second-order valence-electron chi connectivity index (χ2n) is 6.66. The maximum atomic E-state index is 12.3. The molecule has 1 amide bonds. The fourth-order valence-electron chi connectivity index (χ4n) is 3.41. The number of aliphatic carboxylic acids is 1. The zero-order valence-electron chi connectivity index (χ0n) is 16.2. The van der Waals surface area contributed by atoms with E-state index in [-0.39, 0.29) is 19.1 Å². The molecular formula is C22H22N2O6. The summed E-state index contributed by atoms with van der Waals surface area (Å²) in [6.07, 6.45) is 0.535. The lowest BCUT2D eigenvalue weighted by Gasteiger charge is -2.21. The number of nitrogens with one attached hydrogen (secondary N) is 1. The van der Waals surface area contributed by atoms with E-state index in [2.05, 4.69) is 12.0 Å². The van der Waals surface area contributed by atoms with Gasteiger partial charge < -0.3 is 14.6 Å². The summed E-state index contributed by atoms with van der Waals surface area (Å²) >= 11 is 0. The van der Waals surface area contributed by atoms with Crippen LogP contribution < -0.4 is 5.43 Å². The van der Waals surface area contributed by atoms with Crippen LogP contribution in [0.15, 0.2) is 61.2 Å². The van der Waals surface area contributed by atoms with E-state index in [1.54, 1.807) is 0 Å². The van der Waals surface area contributed by atoms with Crippen molar-refractivity contribution in [3.05, 3.63) is 72.3 Å². The number of carboxylic acid groups (broad SMARTS) is 1. The number of hydrogen-bond acceptors (Lipinski definition) is 6.